The first-order valence-electron chi connectivity index (χ1n) is 9.86. The lowest BCUT2D eigenvalue weighted by Crippen LogP contribution is -2.36. The number of benzene rings is 2. The second-order valence-electron chi connectivity index (χ2n) is 7.21. The summed E-state index contributed by atoms with van der Waals surface area (Å²) >= 11 is 0. The summed E-state index contributed by atoms with van der Waals surface area (Å²) in [7, 11) is 1.12. The molecule has 2 aromatic rings. The SMILES string of the molecule is COC(=O)C(CC(=O)Nc1ccc(N2CCOCC2)c(F)c1)c1ccc(C(F)(F)F)cc1. The van der Waals surface area contributed by atoms with E-state index in [-0.39, 0.29) is 17.7 Å². The summed E-state index contributed by atoms with van der Waals surface area (Å²) in [6.45, 7) is 2.10. The van der Waals surface area contributed by atoms with Crippen molar-refractivity contribution in [2.24, 2.45) is 0 Å². The summed E-state index contributed by atoms with van der Waals surface area (Å²) in [5, 5.41) is 2.52. The highest BCUT2D eigenvalue weighted by atomic mass is 19.4. The minimum Gasteiger partial charge on any atom is -0.469 e. The van der Waals surface area contributed by atoms with Crippen LogP contribution in [0.4, 0.5) is 28.9 Å². The maximum Gasteiger partial charge on any atom is 0.416 e. The van der Waals surface area contributed by atoms with Gasteiger partial charge >= 0.3 is 12.1 Å². The Morgan fingerprint density at radius 1 is 1.12 bits per heavy atom. The monoisotopic (exact) mass is 454 g/mol. The van der Waals surface area contributed by atoms with E-state index < -0.39 is 35.4 Å². The Morgan fingerprint density at radius 3 is 2.34 bits per heavy atom. The maximum atomic E-state index is 14.5. The lowest BCUT2D eigenvalue weighted by molar-refractivity contribution is -0.143. The molecule has 1 fully saturated rings. The van der Waals surface area contributed by atoms with Crippen LogP contribution >= 0.6 is 0 Å². The van der Waals surface area contributed by atoms with E-state index >= 15 is 0 Å². The molecule has 0 spiro atoms. The minimum absolute atomic E-state index is 0.195. The molecule has 32 heavy (non-hydrogen) atoms. The van der Waals surface area contributed by atoms with Gasteiger partial charge in [-0.15, -0.1) is 0 Å². The third kappa shape index (κ3) is 5.76. The number of halogens is 4. The average molecular weight is 454 g/mol. The van der Waals surface area contributed by atoms with E-state index in [1.807, 2.05) is 4.90 Å². The van der Waals surface area contributed by atoms with Gasteiger partial charge in [0.15, 0.2) is 0 Å². The lowest BCUT2D eigenvalue weighted by Gasteiger charge is -2.29. The molecule has 1 amide bonds. The Morgan fingerprint density at radius 2 is 1.78 bits per heavy atom. The molecule has 0 radical (unpaired) electrons. The van der Waals surface area contributed by atoms with Crippen LogP contribution in [0.2, 0.25) is 0 Å². The van der Waals surface area contributed by atoms with Crippen LogP contribution in [0.25, 0.3) is 0 Å². The van der Waals surface area contributed by atoms with E-state index in [2.05, 4.69) is 5.32 Å². The highest BCUT2D eigenvalue weighted by Crippen LogP contribution is 2.31. The third-order valence-electron chi connectivity index (χ3n) is 5.10. The van der Waals surface area contributed by atoms with Crippen molar-refractivity contribution in [2.75, 3.05) is 43.6 Å². The van der Waals surface area contributed by atoms with Crippen molar-refractivity contribution in [1.82, 2.24) is 0 Å². The van der Waals surface area contributed by atoms with Gasteiger partial charge in [0.2, 0.25) is 5.91 Å². The van der Waals surface area contributed by atoms with E-state index in [0.717, 1.165) is 31.4 Å². The number of carbonyl (C=O) groups is 2. The normalized spacial score (nSPS) is 15.2. The number of alkyl halides is 3. The molecule has 1 heterocycles. The standard InChI is InChI=1S/C22H22F4N2O4/c1-31-21(30)17(14-2-4-15(5-3-14)22(24,25)26)13-20(29)27-16-6-7-19(18(23)12-16)28-8-10-32-11-9-28/h2-7,12,17H,8-11,13H2,1H3,(H,27,29). The van der Waals surface area contributed by atoms with Crippen LogP contribution in [0.5, 0.6) is 0 Å². The predicted molar refractivity (Wildman–Crippen MR) is 109 cm³/mol. The van der Waals surface area contributed by atoms with Crippen molar-refractivity contribution in [2.45, 2.75) is 18.5 Å². The Kier molecular flexibility index (Phi) is 7.34. The first-order chi connectivity index (χ1) is 15.2. The first-order valence-corrected chi connectivity index (χ1v) is 9.86. The lowest BCUT2D eigenvalue weighted by atomic mass is 9.94. The van der Waals surface area contributed by atoms with Crippen LogP contribution in [-0.4, -0.2) is 45.3 Å². The van der Waals surface area contributed by atoms with Gasteiger partial charge < -0.3 is 19.7 Å². The van der Waals surface area contributed by atoms with Crippen LogP contribution < -0.4 is 10.2 Å². The molecule has 3 rings (SSSR count). The smallest absolute Gasteiger partial charge is 0.416 e. The van der Waals surface area contributed by atoms with Crippen LogP contribution in [0.15, 0.2) is 42.5 Å². The van der Waals surface area contributed by atoms with Crippen molar-refractivity contribution < 1.29 is 36.6 Å². The number of amides is 1. The van der Waals surface area contributed by atoms with Crippen LogP contribution in [0.3, 0.4) is 0 Å². The van der Waals surface area contributed by atoms with Crippen LogP contribution in [0, 0.1) is 5.82 Å². The quantitative estimate of drug-likeness (QED) is 0.529. The molecule has 1 aliphatic heterocycles. The van der Waals surface area contributed by atoms with Gasteiger partial charge in [-0.2, -0.15) is 13.2 Å². The van der Waals surface area contributed by atoms with E-state index in [0.29, 0.717) is 32.0 Å². The number of ether oxygens (including phenoxy) is 2. The van der Waals surface area contributed by atoms with Gasteiger partial charge in [-0.05, 0) is 35.9 Å². The fraction of sp³-hybridized carbons (Fsp3) is 0.364. The molecular formula is C22H22F4N2O4. The zero-order valence-electron chi connectivity index (χ0n) is 17.2. The summed E-state index contributed by atoms with van der Waals surface area (Å²) < 4.78 is 62.8. The van der Waals surface area contributed by atoms with E-state index in [1.54, 1.807) is 6.07 Å². The molecule has 1 aliphatic rings. The number of esters is 1. The van der Waals surface area contributed by atoms with Crippen molar-refractivity contribution in [3.8, 4) is 0 Å². The average Bonchev–Trinajstić information content (AvgIpc) is 2.77. The van der Waals surface area contributed by atoms with Crippen molar-refractivity contribution in [1.29, 1.82) is 0 Å². The first kappa shape index (κ1) is 23.5. The molecule has 0 saturated carbocycles. The van der Waals surface area contributed by atoms with Gasteiger partial charge in [0.25, 0.3) is 0 Å². The van der Waals surface area contributed by atoms with Gasteiger partial charge in [0.1, 0.15) is 5.82 Å². The van der Waals surface area contributed by atoms with Gasteiger partial charge in [0, 0.05) is 25.2 Å². The molecule has 0 aliphatic carbocycles. The van der Waals surface area contributed by atoms with Crippen molar-refractivity contribution in [3.63, 3.8) is 0 Å². The van der Waals surface area contributed by atoms with Crippen molar-refractivity contribution in [3.05, 3.63) is 59.4 Å². The Bertz CT molecular complexity index is 957. The number of nitrogens with zero attached hydrogens (tertiary/aromatic N) is 1. The number of anilines is 2. The fourth-order valence-corrected chi connectivity index (χ4v) is 3.43. The van der Waals surface area contributed by atoms with Gasteiger partial charge in [-0.1, -0.05) is 12.1 Å². The number of hydrogen-bond acceptors (Lipinski definition) is 5. The molecule has 1 saturated heterocycles. The molecule has 0 bridgehead atoms. The summed E-state index contributed by atoms with van der Waals surface area (Å²) in [6.07, 6.45) is -4.90. The predicted octanol–water partition coefficient (Wildman–Crippen LogP) is 3.97. The summed E-state index contributed by atoms with van der Waals surface area (Å²) in [5.41, 5.74) is -0.0805. The number of hydrogen-bond donors (Lipinski definition) is 1. The zero-order chi connectivity index (χ0) is 23.3. The Balaban J connectivity index is 1.70. The zero-order valence-corrected chi connectivity index (χ0v) is 17.2. The molecule has 0 aromatic heterocycles. The largest absolute Gasteiger partial charge is 0.469 e. The van der Waals surface area contributed by atoms with E-state index in [4.69, 9.17) is 9.47 Å². The molecule has 1 atom stereocenters. The molecule has 1 unspecified atom stereocenters. The molecule has 172 valence electrons. The highest BCUT2D eigenvalue weighted by Gasteiger charge is 2.31. The number of nitrogens with one attached hydrogen (secondary N) is 1. The van der Waals surface area contributed by atoms with Gasteiger partial charge in [-0.3, -0.25) is 9.59 Å². The Hall–Kier alpha value is -3.14. The Labute approximate surface area is 182 Å². The molecule has 1 N–H and O–H groups in total. The fourth-order valence-electron chi connectivity index (χ4n) is 3.43. The molecule has 10 heteroatoms. The highest BCUT2D eigenvalue weighted by molar-refractivity contribution is 5.95. The summed E-state index contributed by atoms with van der Waals surface area (Å²) in [5.74, 6) is -3.01. The topological polar surface area (TPSA) is 67.9 Å². The number of carbonyl (C=O) groups excluding carboxylic acids is 2. The number of morpholine rings is 1. The van der Waals surface area contributed by atoms with E-state index in [1.165, 1.54) is 12.1 Å². The van der Waals surface area contributed by atoms with E-state index in [9.17, 15) is 27.2 Å². The number of methoxy groups -OCH3 is 1. The summed E-state index contributed by atoms with van der Waals surface area (Å²) in [6, 6.07) is 8.20. The van der Waals surface area contributed by atoms with Gasteiger partial charge in [-0.25, -0.2) is 4.39 Å². The van der Waals surface area contributed by atoms with Crippen LogP contribution in [0.1, 0.15) is 23.5 Å². The second kappa shape index (κ2) is 9.99. The summed E-state index contributed by atoms with van der Waals surface area (Å²) in [4.78, 5) is 26.5. The van der Waals surface area contributed by atoms with Crippen LogP contribution in [-0.2, 0) is 25.2 Å². The van der Waals surface area contributed by atoms with Crippen molar-refractivity contribution >= 4 is 23.3 Å². The second-order valence-corrected chi connectivity index (χ2v) is 7.21. The maximum absolute atomic E-state index is 14.5. The third-order valence-corrected chi connectivity index (χ3v) is 5.10. The molecule has 2 aromatic carbocycles. The molecular weight excluding hydrogens is 432 g/mol. The number of rotatable bonds is 6. The minimum atomic E-state index is -4.52. The van der Waals surface area contributed by atoms with Gasteiger partial charge in [0.05, 0.1) is 37.5 Å². The molecule has 6 nitrogen and oxygen atoms in total.